The fourth-order valence-electron chi connectivity index (χ4n) is 2.59. The molecule has 0 aromatic heterocycles. The van der Waals surface area contributed by atoms with Crippen LogP contribution in [0, 0.1) is 5.92 Å². The minimum absolute atomic E-state index is 0.265. The molecule has 4 nitrogen and oxygen atoms in total. The summed E-state index contributed by atoms with van der Waals surface area (Å²) in [5.74, 6) is 0.659. The van der Waals surface area contributed by atoms with Gasteiger partial charge in [0, 0.05) is 5.69 Å². The van der Waals surface area contributed by atoms with Crippen LogP contribution in [0.3, 0.4) is 0 Å². The van der Waals surface area contributed by atoms with E-state index < -0.39 is 15.2 Å². The largest absolute Gasteiger partial charge is 0.399 e. The van der Waals surface area contributed by atoms with E-state index in [9.17, 15) is 8.42 Å². The molecule has 1 aromatic carbocycles. The molecule has 110 valence electrons. The zero-order chi connectivity index (χ0) is 14.8. The third kappa shape index (κ3) is 3.04. The molecule has 1 aromatic rings. The maximum Gasteiger partial charge on any atom is 0.198 e. The summed E-state index contributed by atoms with van der Waals surface area (Å²) in [6.07, 6.45) is 3.57. The summed E-state index contributed by atoms with van der Waals surface area (Å²) in [7, 11) is -3.46. The van der Waals surface area contributed by atoms with Crippen molar-refractivity contribution < 1.29 is 8.42 Å². The molecule has 1 aliphatic rings. The number of hydrogen-bond acceptors (Lipinski definition) is 4. The van der Waals surface area contributed by atoms with Crippen molar-refractivity contribution in [2.45, 2.75) is 30.0 Å². The lowest BCUT2D eigenvalue weighted by Gasteiger charge is -2.34. The molecule has 20 heavy (non-hydrogen) atoms. The molecule has 1 saturated heterocycles. The van der Waals surface area contributed by atoms with Gasteiger partial charge in [-0.3, -0.25) is 4.90 Å². The van der Waals surface area contributed by atoms with E-state index in [1.54, 1.807) is 18.2 Å². The summed E-state index contributed by atoms with van der Waals surface area (Å²) < 4.78 is 25.5. The fourth-order valence-corrected chi connectivity index (χ4v) is 4.29. The second-order valence-electron chi connectivity index (χ2n) is 5.46. The number of likely N-dealkylation sites (tertiary alicyclic amines) is 1. The first-order valence-corrected chi connectivity index (χ1v) is 8.46. The van der Waals surface area contributed by atoms with Crippen LogP contribution in [0.15, 0.2) is 41.8 Å². The topological polar surface area (TPSA) is 63.4 Å². The van der Waals surface area contributed by atoms with Crippen molar-refractivity contribution in [3.8, 4) is 0 Å². The molecule has 1 atom stereocenters. The van der Waals surface area contributed by atoms with E-state index in [0.717, 1.165) is 25.9 Å². The van der Waals surface area contributed by atoms with Gasteiger partial charge >= 0.3 is 0 Å². The second kappa shape index (κ2) is 5.97. The van der Waals surface area contributed by atoms with Gasteiger partial charge in [-0.05, 0) is 50.0 Å². The van der Waals surface area contributed by atoms with Gasteiger partial charge in [-0.15, -0.1) is 6.58 Å². The molecule has 1 unspecified atom stereocenters. The van der Waals surface area contributed by atoms with Crippen LogP contribution in [0.1, 0.15) is 19.8 Å². The van der Waals surface area contributed by atoms with E-state index in [-0.39, 0.29) is 4.90 Å². The molecule has 5 heteroatoms. The van der Waals surface area contributed by atoms with Gasteiger partial charge < -0.3 is 5.73 Å². The number of anilines is 1. The second-order valence-corrected chi connectivity index (χ2v) is 7.51. The number of nitrogens with zero attached hydrogens (tertiary/aromatic N) is 1. The minimum Gasteiger partial charge on any atom is -0.399 e. The van der Waals surface area contributed by atoms with Gasteiger partial charge in [-0.1, -0.05) is 19.1 Å². The summed E-state index contributed by atoms with van der Waals surface area (Å²) >= 11 is 0. The Morgan fingerprint density at radius 2 is 2.05 bits per heavy atom. The lowest BCUT2D eigenvalue weighted by molar-refractivity contribution is 0.192. The Balaban J connectivity index is 2.28. The molecule has 0 radical (unpaired) electrons. The highest BCUT2D eigenvalue weighted by Gasteiger charge is 2.32. The Morgan fingerprint density at radius 3 is 2.60 bits per heavy atom. The molecule has 0 spiro atoms. The molecule has 0 bridgehead atoms. The number of nitrogen functional groups attached to an aromatic ring is 1. The first kappa shape index (κ1) is 15.1. The third-order valence-electron chi connectivity index (χ3n) is 3.88. The van der Waals surface area contributed by atoms with Crippen molar-refractivity contribution in [2.75, 3.05) is 18.8 Å². The smallest absolute Gasteiger partial charge is 0.198 e. The first-order chi connectivity index (χ1) is 9.45. The van der Waals surface area contributed by atoms with Gasteiger partial charge in [-0.2, -0.15) is 0 Å². The average Bonchev–Trinajstić information content (AvgIpc) is 2.41. The maximum atomic E-state index is 12.7. The van der Waals surface area contributed by atoms with Crippen LogP contribution >= 0.6 is 0 Å². The Kier molecular flexibility index (Phi) is 4.50. The lowest BCUT2D eigenvalue weighted by atomic mass is 9.99. The van der Waals surface area contributed by atoms with E-state index in [1.807, 2.05) is 4.90 Å². The first-order valence-electron chi connectivity index (χ1n) is 6.91. The molecule has 2 rings (SSSR count). The number of hydrogen-bond donors (Lipinski definition) is 1. The number of benzene rings is 1. The van der Waals surface area contributed by atoms with Crippen LogP contribution in [-0.4, -0.2) is 31.8 Å². The fraction of sp³-hybridized carbons (Fsp3) is 0.467. The normalized spacial score (nSPS) is 19.6. The summed E-state index contributed by atoms with van der Waals surface area (Å²) in [5, 5.41) is -0.670. The average molecular weight is 294 g/mol. The van der Waals surface area contributed by atoms with Crippen molar-refractivity contribution in [3.05, 3.63) is 36.9 Å². The molecular weight excluding hydrogens is 272 g/mol. The summed E-state index contributed by atoms with van der Waals surface area (Å²) in [6, 6.07) is 6.46. The number of nitrogens with two attached hydrogens (primary N) is 1. The Labute approximate surface area is 121 Å². The van der Waals surface area contributed by atoms with Gasteiger partial charge in [0.1, 0.15) is 5.37 Å². The molecule has 1 fully saturated rings. The molecule has 1 aliphatic heterocycles. The summed E-state index contributed by atoms with van der Waals surface area (Å²) in [6.45, 7) is 7.50. The van der Waals surface area contributed by atoms with Gasteiger partial charge in [0.05, 0.1) is 4.90 Å². The highest BCUT2D eigenvalue weighted by Crippen LogP contribution is 2.25. The monoisotopic (exact) mass is 294 g/mol. The van der Waals surface area contributed by atoms with Crippen molar-refractivity contribution in [1.82, 2.24) is 4.90 Å². The zero-order valence-electron chi connectivity index (χ0n) is 11.8. The van der Waals surface area contributed by atoms with Crippen LogP contribution in [0.5, 0.6) is 0 Å². The van der Waals surface area contributed by atoms with E-state index in [4.69, 9.17) is 5.73 Å². The van der Waals surface area contributed by atoms with Crippen LogP contribution in [0.25, 0.3) is 0 Å². The van der Waals surface area contributed by atoms with Gasteiger partial charge in [0.15, 0.2) is 9.84 Å². The molecule has 2 N–H and O–H groups in total. The van der Waals surface area contributed by atoms with Crippen molar-refractivity contribution in [2.24, 2.45) is 5.92 Å². The molecule has 0 aliphatic carbocycles. The zero-order valence-corrected chi connectivity index (χ0v) is 12.6. The van der Waals surface area contributed by atoms with E-state index in [0.29, 0.717) is 11.6 Å². The van der Waals surface area contributed by atoms with Crippen LogP contribution in [-0.2, 0) is 9.84 Å². The van der Waals surface area contributed by atoms with Gasteiger partial charge in [0.2, 0.25) is 0 Å². The summed E-state index contributed by atoms with van der Waals surface area (Å²) in [5.41, 5.74) is 6.15. The predicted octanol–water partition coefficient (Wildman–Crippen LogP) is 2.29. The van der Waals surface area contributed by atoms with Crippen molar-refractivity contribution in [1.29, 1.82) is 0 Å². The summed E-state index contributed by atoms with van der Waals surface area (Å²) in [4.78, 5) is 2.26. The highest BCUT2D eigenvalue weighted by atomic mass is 32.2. The maximum absolute atomic E-state index is 12.7. The standard InChI is InChI=1S/C15H22N2O2S/c1-3-15(17-9-7-12(2)8-10-17)20(18,19)14-6-4-5-13(16)11-14/h3-6,11-12,15H,1,7-10,16H2,2H3. The number of piperidine rings is 1. The van der Waals surface area contributed by atoms with Crippen molar-refractivity contribution >= 4 is 15.5 Å². The van der Waals surface area contributed by atoms with Crippen LogP contribution in [0.4, 0.5) is 5.69 Å². The minimum atomic E-state index is -3.46. The quantitative estimate of drug-likeness (QED) is 0.683. The molecular formula is C15H22N2O2S. The Hall–Kier alpha value is -1.33. The van der Waals surface area contributed by atoms with E-state index in [1.165, 1.54) is 12.1 Å². The molecule has 0 saturated carbocycles. The van der Waals surface area contributed by atoms with E-state index >= 15 is 0 Å². The van der Waals surface area contributed by atoms with Crippen LogP contribution in [0.2, 0.25) is 0 Å². The predicted molar refractivity (Wildman–Crippen MR) is 82.0 cm³/mol. The van der Waals surface area contributed by atoms with Gasteiger partial charge in [0.25, 0.3) is 0 Å². The van der Waals surface area contributed by atoms with Crippen LogP contribution < -0.4 is 5.73 Å². The Morgan fingerprint density at radius 1 is 1.40 bits per heavy atom. The highest BCUT2D eigenvalue weighted by molar-refractivity contribution is 7.92. The third-order valence-corrected chi connectivity index (χ3v) is 5.92. The SMILES string of the molecule is C=CC(N1CCC(C)CC1)S(=O)(=O)c1cccc(N)c1. The molecule has 0 amide bonds. The van der Waals surface area contributed by atoms with E-state index in [2.05, 4.69) is 13.5 Å². The molecule has 1 heterocycles. The number of sulfone groups is 1. The number of rotatable bonds is 4. The van der Waals surface area contributed by atoms with Gasteiger partial charge in [-0.25, -0.2) is 8.42 Å². The van der Waals surface area contributed by atoms with Crippen molar-refractivity contribution in [3.63, 3.8) is 0 Å². The lowest BCUT2D eigenvalue weighted by Crippen LogP contribution is -2.44. The Bertz CT molecular complexity index is 575.